The van der Waals surface area contributed by atoms with Crippen molar-refractivity contribution in [2.75, 3.05) is 19.6 Å². The van der Waals surface area contributed by atoms with E-state index in [-0.39, 0.29) is 11.4 Å². The Labute approximate surface area is 120 Å². The van der Waals surface area contributed by atoms with Crippen molar-refractivity contribution in [3.8, 4) is 0 Å². The number of amides is 2. The van der Waals surface area contributed by atoms with Crippen LogP contribution in [-0.4, -0.2) is 52.6 Å². The third kappa shape index (κ3) is 2.91. The highest BCUT2D eigenvalue weighted by Crippen LogP contribution is 2.36. The Morgan fingerprint density at radius 1 is 1.20 bits per heavy atom. The first-order chi connectivity index (χ1) is 9.33. The molecule has 0 bridgehead atoms. The number of rotatable bonds is 1. The van der Waals surface area contributed by atoms with Crippen LogP contribution in [-0.2, 0) is 4.79 Å². The minimum Gasteiger partial charge on any atom is -0.480 e. The maximum absolute atomic E-state index is 12.7. The molecule has 0 aromatic rings. The van der Waals surface area contributed by atoms with Crippen molar-refractivity contribution in [2.24, 2.45) is 11.3 Å². The summed E-state index contributed by atoms with van der Waals surface area (Å²) in [6.45, 7) is 8.11. The van der Waals surface area contributed by atoms with Gasteiger partial charge < -0.3 is 14.9 Å². The lowest BCUT2D eigenvalue weighted by atomic mass is 9.76. The van der Waals surface area contributed by atoms with Gasteiger partial charge >= 0.3 is 12.0 Å². The van der Waals surface area contributed by atoms with Gasteiger partial charge in [-0.05, 0) is 37.0 Å². The van der Waals surface area contributed by atoms with Gasteiger partial charge in [-0.15, -0.1) is 0 Å². The van der Waals surface area contributed by atoms with E-state index in [4.69, 9.17) is 0 Å². The Morgan fingerprint density at radius 3 is 2.50 bits per heavy atom. The molecule has 2 heterocycles. The fourth-order valence-corrected chi connectivity index (χ4v) is 3.61. The molecule has 0 aliphatic carbocycles. The SMILES string of the molecule is CC1CCCN(C(=O)N2CCCC(C)(C)C2C(=O)O)C1. The third-order valence-electron chi connectivity index (χ3n) is 4.68. The molecule has 5 nitrogen and oxygen atoms in total. The summed E-state index contributed by atoms with van der Waals surface area (Å²) in [4.78, 5) is 27.7. The van der Waals surface area contributed by atoms with Crippen LogP contribution in [0, 0.1) is 11.3 Å². The van der Waals surface area contributed by atoms with Gasteiger partial charge in [0.2, 0.25) is 0 Å². The number of hydrogen-bond donors (Lipinski definition) is 1. The minimum absolute atomic E-state index is 0.0864. The highest BCUT2D eigenvalue weighted by Gasteiger charge is 2.45. The average molecular weight is 282 g/mol. The van der Waals surface area contributed by atoms with E-state index in [1.54, 1.807) is 4.90 Å². The van der Waals surface area contributed by atoms with Gasteiger partial charge in [0.15, 0.2) is 0 Å². The second-order valence-electron chi connectivity index (χ2n) is 7.00. The molecule has 2 rings (SSSR count). The van der Waals surface area contributed by atoms with Crippen molar-refractivity contribution in [1.82, 2.24) is 9.80 Å². The van der Waals surface area contributed by atoms with Gasteiger partial charge in [0.1, 0.15) is 6.04 Å². The molecule has 0 radical (unpaired) electrons. The predicted molar refractivity (Wildman–Crippen MR) is 76.5 cm³/mol. The summed E-state index contributed by atoms with van der Waals surface area (Å²) in [5, 5.41) is 9.53. The molecule has 0 aromatic carbocycles. The lowest BCUT2D eigenvalue weighted by Crippen LogP contribution is -2.60. The van der Waals surface area contributed by atoms with Crippen molar-refractivity contribution in [1.29, 1.82) is 0 Å². The number of carbonyl (C=O) groups excluding carboxylic acids is 1. The zero-order valence-electron chi connectivity index (χ0n) is 12.8. The van der Waals surface area contributed by atoms with Crippen LogP contribution < -0.4 is 0 Å². The summed E-state index contributed by atoms with van der Waals surface area (Å²) >= 11 is 0. The first-order valence-corrected chi connectivity index (χ1v) is 7.61. The highest BCUT2D eigenvalue weighted by atomic mass is 16.4. The molecule has 114 valence electrons. The predicted octanol–water partition coefficient (Wildman–Crippen LogP) is 2.41. The monoisotopic (exact) mass is 282 g/mol. The van der Waals surface area contributed by atoms with Crippen molar-refractivity contribution in [3.05, 3.63) is 0 Å². The smallest absolute Gasteiger partial charge is 0.327 e. The number of hydrogen-bond acceptors (Lipinski definition) is 2. The second-order valence-corrected chi connectivity index (χ2v) is 7.00. The molecule has 0 saturated carbocycles. The molecule has 0 aromatic heterocycles. The first kappa shape index (κ1) is 15.1. The molecule has 2 fully saturated rings. The van der Waals surface area contributed by atoms with E-state index in [1.807, 2.05) is 18.7 Å². The zero-order valence-corrected chi connectivity index (χ0v) is 12.8. The van der Waals surface area contributed by atoms with Crippen LogP contribution in [0.1, 0.15) is 46.5 Å². The maximum atomic E-state index is 12.7. The molecule has 2 aliphatic heterocycles. The molecule has 5 heteroatoms. The van der Waals surface area contributed by atoms with Gasteiger partial charge in [-0.25, -0.2) is 9.59 Å². The molecular weight excluding hydrogens is 256 g/mol. The van der Waals surface area contributed by atoms with Gasteiger partial charge in [0.05, 0.1) is 0 Å². The largest absolute Gasteiger partial charge is 0.480 e. The Morgan fingerprint density at radius 2 is 1.90 bits per heavy atom. The van der Waals surface area contributed by atoms with Crippen LogP contribution in [0.5, 0.6) is 0 Å². The summed E-state index contributed by atoms with van der Waals surface area (Å²) in [6, 6.07) is -0.794. The summed E-state index contributed by atoms with van der Waals surface area (Å²) < 4.78 is 0. The Kier molecular flexibility index (Phi) is 4.25. The van der Waals surface area contributed by atoms with E-state index < -0.39 is 12.0 Å². The van der Waals surface area contributed by atoms with Gasteiger partial charge in [0, 0.05) is 19.6 Å². The fourth-order valence-electron chi connectivity index (χ4n) is 3.61. The van der Waals surface area contributed by atoms with Crippen molar-refractivity contribution in [3.63, 3.8) is 0 Å². The van der Waals surface area contributed by atoms with Crippen LogP contribution in [0.4, 0.5) is 4.79 Å². The fraction of sp³-hybridized carbons (Fsp3) is 0.867. The molecular formula is C15H26N2O3. The molecule has 0 spiro atoms. The van der Waals surface area contributed by atoms with Gasteiger partial charge in [-0.2, -0.15) is 0 Å². The third-order valence-corrected chi connectivity index (χ3v) is 4.68. The van der Waals surface area contributed by atoms with Crippen molar-refractivity contribution in [2.45, 2.75) is 52.5 Å². The van der Waals surface area contributed by atoms with Crippen LogP contribution in [0.25, 0.3) is 0 Å². The van der Waals surface area contributed by atoms with Crippen molar-refractivity contribution >= 4 is 12.0 Å². The Balaban J connectivity index is 2.16. The summed E-state index contributed by atoms with van der Waals surface area (Å²) in [5.74, 6) is -0.373. The summed E-state index contributed by atoms with van der Waals surface area (Å²) in [6.07, 6.45) is 3.90. The van der Waals surface area contributed by atoms with E-state index in [1.165, 1.54) is 0 Å². The molecule has 2 aliphatic rings. The quantitative estimate of drug-likeness (QED) is 0.803. The summed E-state index contributed by atoms with van der Waals surface area (Å²) in [5.41, 5.74) is -0.360. The van der Waals surface area contributed by atoms with Crippen molar-refractivity contribution < 1.29 is 14.7 Å². The number of carboxylic acids is 1. The topological polar surface area (TPSA) is 60.9 Å². The molecule has 2 atom stereocenters. The van der Waals surface area contributed by atoms with E-state index in [9.17, 15) is 14.7 Å². The van der Waals surface area contributed by atoms with Gasteiger partial charge in [-0.1, -0.05) is 20.8 Å². The number of carboxylic acid groups (broad SMARTS) is 1. The number of nitrogens with zero attached hydrogens (tertiary/aromatic N) is 2. The normalized spacial score (nSPS) is 30.1. The van der Waals surface area contributed by atoms with E-state index in [0.29, 0.717) is 12.5 Å². The molecule has 2 saturated heterocycles. The number of urea groups is 1. The molecule has 2 unspecified atom stereocenters. The Hall–Kier alpha value is -1.26. The van der Waals surface area contributed by atoms with E-state index in [0.717, 1.165) is 38.8 Å². The average Bonchev–Trinajstić information content (AvgIpc) is 2.35. The number of aliphatic carboxylic acids is 1. The number of likely N-dealkylation sites (tertiary alicyclic amines) is 2. The lowest BCUT2D eigenvalue weighted by Gasteiger charge is -2.46. The lowest BCUT2D eigenvalue weighted by molar-refractivity contribution is -0.148. The second kappa shape index (κ2) is 5.62. The van der Waals surface area contributed by atoms with Gasteiger partial charge in [0.25, 0.3) is 0 Å². The molecule has 20 heavy (non-hydrogen) atoms. The van der Waals surface area contributed by atoms with E-state index in [2.05, 4.69) is 6.92 Å². The highest BCUT2D eigenvalue weighted by molar-refractivity contribution is 5.83. The molecule has 2 amide bonds. The summed E-state index contributed by atoms with van der Waals surface area (Å²) in [7, 11) is 0. The Bertz CT molecular complexity index is 395. The van der Waals surface area contributed by atoms with Gasteiger partial charge in [-0.3, -0.25) is 0 Å². The maximum Gasteiger partial charge on any atom is 0.327 e. The van der Waals surface area contributed by atoms with E-state index >= 15 is 0 Å². The first-order valence-electron chi connectivity index (χ1n) is 7.61. The van der Waals surface area contributed by atoms with Crippen LogP contribution >= 0.6 is 0 Å². The van der Waals surface area contributed by atoms with Crippen LogP contribution in [0.3, 0.4) is 0 Å². The van der Waals surface area contributed by atoms with Crippen LogP contribution in [0.2, 0.25) is 0 Å². The number of carbonyl (C=O) groups is 2. The molecule has 1 N–H and O–H groups in total. The zero-order chi connectivity index (χ0) is 14.9. The number of piperidine rings is 2. The standard InChI is InChI=1S/C15H26N2O3/c1-11-6-4-8-16(10-11)14(20)17-9-5-7-15(2,3)12(17)13(18)19/h11-12H,4-10H2,1-3H3,(H,18,19). The minimum atomic E-state index is -0.881. The van der Waals surface area contributed by atoms with Crippen LogP contribution in [0.15, 0.2) is 0 Å².